The maximum absolute atomic E-state index is 13.6. The van der Waals surface area contributed by atoms with Gasteiger partial charge in [0.25, 0.3) is 0 Å². The van der Waals surface area contributed by atoms with Crippen LogP contribution in [0.2, 0.25) is 0 Å². The first kappa shape index (κ1) is 42.1. The number of methoxy groups -OCH3 is 2. The van der Waals surface area contributed by atoms with E-state index < -0.39 is 48.2 Å². The summed E-state index contributed by atoms with van der Waals surface area (Å²) in [4.78, 5) is 13.6. The van der Waals surface area contributed by atoms with Gasteiger partial charge in [0.1, 0.15) is 35.9 Å². The average molecular weight is 797 g/mol. The first-order chi connectivity index (χ1) is 28.0. The van der Waals surface area contributed by atoms with Gasteiger partial charge in [-0.25, -0.2) is 4.79 Å². The number of hydrogen-bond acceptors (Lipinski definition) is 10. The molecule has 2 fully saturated rings. The standard InChI is InChI=1S/C48H60O10/c1-30(2)37-20-21-47(3)22-23-48(4)38(42(37)47)25-39(57-45(51)33-10-8-7-9-11-33)34(26-49)24-41(48)58-46-44(55-28-32-14-18-36(53-6)19-15-32)43(50)40(29-56-46)54-27-31-12-16-35(52-5)17-13-31/h7-19,24,30,38-41,43-44,46,49-50H,20-23,25-29H2,1-6H3/t38-,39-,40-,41+,43+,44-,46+,47-,48-/m1/s1. The van der Waals surface area contributed by atoms with Crippen LogP contribution in [-0.4, -0.2) is 80.4 Å². The van der Waals surface area contributed by atoms with Crippen LogP contribution in [-0.2, 0) is 36.9 Å². The van der Waals surface area contributed by atoms with Crippen molar-refractivity contribution < 1.29 is 48.2 Å². The molecule has 10 nitrogen and oxygen atoms in total. The summed E-state index contributed by atoms with van der Waals surface area (Å²) < 4.78 is 43.5. The first-order valence-corrected chi connectivity index (χ1v) is 20.7. The molecule has 3 aliphatic carbocycles. The zero-order chi connectivity index (χ0) is 41.0. The number of benzene rings is 3. The molecule has 4 aliphatic rings. The molecular weight excluding hydrogens is 737 g/mol. The van der Waals surface area contributed by atoms with Gasteiger partial charge in [0.15, 0.2) is 6.29 Å². The molecule has 0 unspecified atom stereocenters. The normalized spacial score (nSPS) is 30.9. The van der Waals surface area contributed by atoms with Crippen LogP contribution in [0.25, 0.3) is 0 Å². The van der Waals surface area contributed by atoms with E-state index in [0.29, 0.717) is 23.5 Å². The molecular formula is C48H60O10. The van der Waals surface area contributed by atoms with Gasteiger partial charge in [-0.3, -0.25) is 0 Å². The number of allylic oxidation sites excluding steroid dienone is 2. The maximum atomic E-state index is 13.6. The van der Waals surface area contributed by atoms with Crippen LogP contribution in [0.15, 0.2) is 102 Å². The lowest BCUT2D eigenvalue weighted by atomic mass is 9.54. The topological polar surface area (TPSA) is 122 Å². The number of ether oxygens (including phenoxy) is 7. The van der Waals surface area contributed by atoms with Crippen molar-refractivity contribution in [2.24, 2.45) is 22.7 Å². The lowest BCUT2D eigenvalue weighted by Crippen LogP contribution is -2.58. The summed E-state index contributed by atoms with van der Waals surface area (Å²) >= 11 is 0. The number of hydrogen-bond donors (Lipinski definition) is 2. The highest BCUT2D eigenvalue weighted by Gasteiger charge is 2.57. The van der Waals surface area contributed by atoms with Crippen LogP contribution >= 0.6 is 0 Å². The van der Waals surface area contributed by atoms with Crippen LogP contribution in [0.1, 0.15) is 81.3 Å². The molecule has 10 heteroatoms. The van der Waals surface area contributed by atoms with Crippen LogP contribution in [0, 0.1) is 22.7 Å². The molecule has 3 aromatic carbocycles. The number of fused-ring (bicyclic) bond motifs is 3. The van der Waals surface area contributed by atoms with Crippen molar-refractivity contribution in [3.05, 3.63) is 118 Å². The third-order valence-corrected chi connectivity index (χ3v) is 13.2. The Morgan fingerprint density at radius 3 is 2.10 bits per heavy atom. The molecule has 1 heterocycles. The maximum Gasteiger partial charge on any atom is 0.338 e. The molecule has 3 aromatic rings. The van der Waals surface area contributed by atoms with E-state index in [1.807, 2.05) is 72.8 Å². The third-order valence-electron chi connectivity index (χ3n) is 13.2. The minimum absolute atomic E-state index is 0.0159. The predicted octanol–water partition coefficient (Wildman–Crippen LogP) is 7.99. The number of carbonyl (C=O) groups excluding carboxylic acids is 1. The lowest BCUT2D eigenvalue weighted by Gasteiger charge is -2.53. The monoisotopic (exact) mass is 796 g/mol. The quantitative estimate of drug-likeness (QED) is 0.123. The molecule has 0 bridgehead atoms. The minimum Gasteiger partial charge on any atom is -0.497 e. The first-order valence-electron chi connectivity index (χ1n) is 20.7. The molecule has 1 aliphatic heterocycles. The smallest absolute Gasteiger partial charge is 0.338 e. The Balaban J connectivity index is 1.21. The summed E-state index contributed by atoms with van der Waals surface area (Å²) in [6.45, 7) is 9.40. The fourth-order valence-corrected chi connectivity index (χ4v) is 9.63. The molecule has 1 saturated heterocycles. The van der Waals surface area contributed by atoms with E-state index in [1.54, 1.807) is 26.4 Å². The molecule has 9 atom stereocenters. The van der Waals surface area contributed by atoms with Gasteiger partial charge >= 0.3 is 5.97 Å². The molecule has 7 rings (SSSR count). The highest BCUT2D eigenvalue weighted by molar-refractivity contribution is 5.89. The summed E-state index contributed by atoms with van der Waals surface area (Å²) in [7, 11) is 3.25. The van der Waals surface area contributed by atoms with E-state index in [1.165, 1.54) is 11.1 Å². The van der Waals surface area contributed by atoms with Gasteiger partial charge in [0, 0.05) is 5.41 Å². The molecule has 0 radical (unpaired) electrons. The summed E-state index contributed by atoms with van der Waals surface area (Å²) in [6, 6.07) is 24.2. The second-order valence-electron chi connectivity index (χ2n) is 17.2. The van der Waals surface area contributed by atoms with Crippen molar-refractivity contribution in [1.29, 1.82) is 0 Å². The van der Waals surface area contributed by atoms with Crippen molar-refractivity contribution in [1.82, 2.24) is 0 Å². The van der Waals surface area contributed by atoms with E-state index in [9.17, 15) is 15.0 Å². The van der Waals surface area contributed by atoms with Crippen molar-refractivity contribution in [3.63, 3.8) is 0 Å². The lowest BCUT2D eigenvalue weighted by molar-refractivity contribution is -0.306. The van der Waals surface area contributed by atoms with Crippen molar-refractivity contribution >= 4 is 5.97 Å². The SMILES string of the molecule is COc1ccc(CO[C@H]2[C@H](O[C@H]3C=C(CO)[C@H](OC(=O)c4ccccc4)C[C@@H]4C5=C(C(C)C)CC[C@]5(C)CC[C@@]34C)OC[C@@H](OCc3ccc(OC)cc3)[C@@H]2O)cc1. The third kappa shape index (κ3) is 8.79. The van der Waals surface area contributed by atoms with Gasteiger partial charge in [-0.1, -0.05) is 87.4 Å². The highest BCUT2D eigenvalue weighted by atomic mass is 16.7. The fraction of sp³-hybridized carbons (Fsp3) is 0.521. The molecule has 0 amide bonds. The van der Waals surface area contributed by atoms with Gasteiger partial charge in [-0.05, 0) is 102 Å². The number of carbonyl (C=O) groups is 1. The zero-order valence-electron chi connectivity index (χ0n) is 34.7. The molecule has 2 N–H and O–H groups in total. The van der Waals surface area contributed by atoms with Crippen LogP contribution in [0.3, 0.4) is 0 Å². The van der Waals surface area contributed by atoms with Gasteiger partial charge in [-0.15, -0.1) is 0 Å². The van der Waals surface area contributed by atoms with E-state index in [-0.39, 0.29) is 37.8 Å². The minimum atomic E-state index is -1.09. The Hall–Kier alpha value is -4.03. The number of aliphatic hydroxyl groups excluding tert-OH is 2. The van der Waals surface area contributed by atoms with E-state index in [4.69, 9.17) is 33.2 Å². The number of aliphatic hydroxyl groups is 2. The Morgan fingerprint density at radius 2 is 1.50 bits per heavy atom. The summed E-state index contributed by atoms with van der Waals surface area (Å²) in [5, 5.41) is 23.0. The van der Waals surface area contributed by atoms with Crippen molar-refractivity contribution in [3.8, 4) is 11.5 Å². The van der Waals surface area contributed by atoms with Crippen LogP contribution in [0.4, 0.5) is 0 Å². The van der Waals surface area contributed by atoms with Crippen molar-refractivity contribution in [2.75, 3.05) is 27.4 Å². The Morgan fingerprint density at radius 1 is 0.862 bits per heavy atom. The fourth-order valence-electron chi connectivity index (χ4n) is 9.63. The highest BCUT2D eigenvalue weighted by Crippen LogP contribution is 2.64. The van der Waals surface area contributed by atoms with E-state index in [0.717, 1.165) is 48.3 Å². The summed E-state index contributed by atoms with van der Waals surface area (Å²) in [5.41, 5.74) is 5.33. The second-order valence-corrected chi connectivity index (χ2v) is 17.2. The van der Waals surface area contributed by atoms with Gasteiger partial charge in [0.2, 0.25) is 0 Å². The Kier molecular flexibility index (Phi) is 13.1. The largest absolute Gasteiger partial charge is 0.497 e. The number of esters is 1. The summed E-state index contributed by atoms with van der Waals surface area (Å²) in [5.74, 6) is 1.39. The summed E-state index contributed by atoms with van der Waals surface area (Å²) in [6.07, 6.45) is 1.49. The van der Waals surface area contributed by atoms with Crippen molar-refractivity contribution in [2.45, 2.75) is 110 Å². The van der Waals surface area contributed by atoms with Crippen LogP contribution < -0.4 is 9.47 Å². The van der Waals surface area contributed by atoms with E-state index in [2.05, 4.69) is 27.7 Å². The molecule has 0 aromatic heterocycles. The average Bonchev–Trinajstić information content (AvgIpc) is 3.55. The zero-order valence-corrected chi connectivity index (χ0v) is 34.7. The predicted molar refractivity (Wildman–Crippen MR) is 219 cm³/mol. The molecule has 312 valence electrons. The van der Waals surface area contributed by atoms with Gasteiger partial charge in [-0.2, -0.15) is 0 Å². The second kappa shape index (κ2) is 18.1. The molecule has 0 spiro atoms. The van der Waals surface area contributed by atoms with Gasteiger partial charge < -0.3 is 43.4 Å². The van der Waals surface area contributed by atoms with Crippen LogP contribution in [0.5, 0.6) is 11.5 Å². The molecule has 58 heavy (non-hydrogen) atoms. The number of rotatable bonds is 14. The molecule has 1 saturated carbocycles. The Bertz CT molecular complexity index is 1910. The Labute approximate surface area is 343 Å². The van der Waals surface area contributed by atoms with Gasteiger partial charge in [0.05, 0.1) is 52.3 Å². The van der Waals surface area contributed by atoms with E-state index >= 15 is 0 Å².